The van der Waals surface area contributed by atoms with Gasteiger partial charge in [-0.05, 0) is 38.2 Å². The number of hydrogen-bond donors (Lipinski definition) is 2. The zero-order valence-electron chi connectivity index (χ0n) is 12.4. The van der Waals surface area contributed by atoms with Gasteiger partial charge in [0, 0.05) is 29.1 Å². The third-order valence-electron chi connectivity index (χ3n) is 4.14. The van der Waals surface area contributed by atoms with Crippen molar-refractivity contribution in [2.75, 3.05) is 17.7 Å². The fraction of sp³-hybridized carbons (Fsp3) is 0.467. The van der Waals surface area contributed by atoms with Gasteiger partial charge in [-0.3, -0.25) is 5.10 Å². The minimum Gasteiger partial charge on any atom is -0.335 e. The molecule has 21 heavy (non-hydrogen) atoms. The van der Waals surface area contributed by atoms with Crippen LogP contribution in [0.1, 0.15) is 19.8 Å². The summed E-state index contributed by atoms with van der Waals surface area (Å²) in [6.07, 6.45) is 4.24. The SMILES string of the molecule is CSc1ccc(-c2nc(N3CCCC(N)C3C)n[nH]2)cc1. The van der Waals surface area contributed by atoms with E-state index < -0.39 is 0 Å². The second-order valence-electron chi connectivity index (χ2n) is 5.45. The van der Waals surface area contributed by atoms with Crippen molar-refractivity contribution in [3.05, 3.63) is 24.3 Å². The third-order valence-corrected chi connectivity index (χ3v) is 4.89. The summed E-state index contributed by atoms with van der Waals surface area (Å²) >= 11 is 1.73. The molecule has 2 unspecified atom stereocenters. The van der Waals surface area contributed by atoms with Gasteiger partial charge in [0.15, 0.2) is 5.82 Å². The third kappa shape index (κ3) is 2.91. The topological polar surface area (TPSA) is 70.8 Å². The summed E-state index contributed by atoms with van der Waals surface area (Å²) in [5.74, 6) is 1.56. The number of H-pyrrole nitrogens is 1. The number of nitrogens with zero attached hydrogens (tertiary/aromatic N) is 3. The van der Waals surface area contributed by atoms with Crippen LogP contribution >= 0.6 is 11.8 Å². The predicted molar refractivity (Wildman–Crippen MR) is 87.6 cm³/mol. The second kappa shape index (κ2) is 6.07. The van der Waals surface area contributed by atoms with Gasteiger partial charge >= 0.3 is 0 Å². The summed E-state index contributed by atoms with van der Waals surface area (Å²) < 4.78 is 0. The first-order chi connectivity index (χ1) is 10.2. The summed E-state index contributed by atoms with van der Waals surface area (Å²) in [5, 5.41) is 7.41. The Balaban J connectivity index is 1.82. The van der Waals surface area contributed by atoms with Crippen molar-refractivity contribution < 1.29 is 0 Å². The van der Waals surface area contributed by atoms with Gasteiger partial charge in [-0.15, -0.1) is 16.9 Å². The lowest BCUT2D eigenvalue weighted by Crippen LogP contribution is -2.50. The van der Waals surface area contributed by atoms with Crippen LogP contribution in [-0.2, 0) is 0 Å². The van der Waals surface area contributed by atoms with Gasteiger partial charge in [-0.25, -0.2) is 0 Å². The van der Waals surface area contributed by atoms with Crippen LogP contribution < -0.4 is 10.6 Å². The van der Waals surface area contributed by atoms with Gasteiger partial charge in [0.1, 0.15) is 0 Å². The average Bonchev–Trinajstić information content (AvgIpc) is 3.00. The van der Waals surface area contributed by atoms with E-state index in [1.165, 1.54) is 4.90 Å². The first kappa shape index (κ1) is 14.4. The molecule has 1 aromatic carbocycles. The van der Waals surface area contributed by atoms with Crippen LogP contribution in [0.15, 0.2) is 29.2 Å². The van der Waals surface area contributed by atoms with Crippen molar-refractivity contribution in [1.82, 2.24) is 15.2 Å². The minimum absolute atomic E-state index is 0.196. The molecule has 1 fully saturated rings. The van der Waals surface area contributed by atoms with Crippen LogP contribution in [0.4, 0.5) is 5.95 Å². The van der Waals surface area contributed by atoms with E-state index in [0.29, 0.717) is 0 Å². The van der Waals surface area contributed by atoms with E-state index in [4.69, 9.17) is 5.73 Å². The molecule has 6 heteroatoms. The highest BCUT2D eigenvalue weighted by molar-refractivity contribution is 7.98. The number of aromatic amines is 1. The number of anilines is 1. The lowest BCUT2D eigenvalue weighted by atomic mass is 9.99. The molecule has 2 heterocycles. The molecule has 3 N–H and O–H groups in total. The number of thioether (sulfide) groups is 1. The number of hydrogen-bond acceptors (Lipinski definition) is 5. The normalized spacial score (nSPS) is 22.5. The summed E-state index contributed by atoms with van der Waals surface area (Å²) in [7, 11) is 0. The molecular weight excluding hydrogens is 282 g/mol. The molecule has 0 saturated carbocycles. The number of benzene rings is 1. The van der Waals surface area contributed by atoms with Gasteiger partial charge in [0.05, 0.1) is 0 Å². The summed E-state index contributed by atoms with van der Waals surface area (Å²) in [6.45, 7) is 3.12. The van der Waals surface area contributed by atoms with E-state index in [2.05, 4.69) is 57.5 Å². The standard InChI is InChI=1S/C15H21N5S/c1-10-13(16)4-3-9-20(10)15-17-14(18-19-15)11-5-7-12(21-2)8-6-11/h5-8,10,13H,3-4,9,16H2,1-2H3,(H,17,18,19). The van der Waals surface area contributed by atoms with Gasteiger partial charge in [0.2, 0.25) is 5.95 Å². The molecule has 2 aromatic rings. The molecule has 0 bridgehead atoms. The first-order valence-corrected chi connectivity index (χ1v) is 8.50. The van der Waals surface area contributed by atoms with E-state index in [9.17, 15) is 0 Å². The Morgan fingerprint density at radius 1 is 1.33 bits per heavy atom. The molecule has 1 aliphatic heterocycles. The van der Waals surface area contributed by atoms with E-state index >= 15 is 0 Å². The molecule has 1 aromatic heterocycles. The number of nitrogens with one attached hydrogen (secondary N) is 1. The van der Waals surface area contributed by atoms with Crippen molar-refractivity contribution in [2.24, 2.45) is 5.73 Å². The van der Waals surface area contributed by atoms with E-state index in [1.807, 2.05) is 0 Å². The fourth-order valence-electron chi connectivity index (χ4n) is 2.71. The van der Waals surface area contributed by atoms with Crippen molar-refractivity contribution in [1.29, 1.82) is 0 Å². The van der Waals surface area contributed by atoms with Crippen LogP contribution in [0.5, 0.6) is 0 Å². The maximum absolute atomic E-state index is 6.15. The Morgan fingerprint density at radius 2 is 2.10 bits per heavy atom. The molecule has 0 amide bonds. The molecular formula is C15H21N5S. The van der Waals surface area contributed by atoms with Crippen LogP contribution in [0, 0.1) is 0 Å². The second-order valence-corrected chi connectivity index (χ2v) is 6.33. The molecule has 0 spiro atoms. The van der Waals surface area contributed by atoms with Crippen molar-refractivity contribution in [3.63, 3.8) is 0 Å². The van der Waals surface area contributed by atoms with Crippen LogP contribution in [-0.4, -0.2) is 40.1 Å². The summed E-state index contributed by atoms with van der Waals surface area (Å²) in [6, 6.07) is 8.81. The average molecular weight is 303 g/mol. The molecule has 3 rings (SSSR count). The number of aromatic nitrogens is 3. The maximum atomic E-state index is 6.15. The van der Waals surface area contributed by atoms with E-state index in [0.717, 1.165) is 36.7 Å². The van der Waals surface area contributed by atoms with Crippen LogP contribution in [0.25, 0.3) is 11.4 Å². The zero-order chi connectivity index (χ0) is 14.8. The first-order valence-electron chi connectivity index (χ1n) is 7.28. The van der Waals surface area contributed by atoms with Crippen molar-refractivity contribution in [3.8, 4) is 11.4 Å². The number of piperidine rings is 1. The molecule has 0 radical (unpaired) electrons. The quantitative estimate of drug-likeness (QED) is 0.853. The molecule has 1 saturated heterocycles. The van der Waals surface area contributed by atoms with E-state index in [1.54, 1.807) is 11.8 Å². The number of rotatable bonds is 3. The minimum atomic E-state index is 0.196. The van der Waals surface area contributed by atoms with Gasteiger partial charge < -0.3 is 10.6 Å². The lowest BCUT2D eigenvalue weighted by molar-refractivity contribution is 0.416. The highest BCUT2D eigenvalue weighted by Gasteiger charge is 2.27. The highest BCUT2D eigenvalue weighted by atomic mass is 32.2. The molecule has 112 valence electrons. The summed E-state index contributed by atoms with van der Waals surface area (Å²) in [5.41, 5.74) is 7.20. The Labute approximate surface area is 129 Å². The van der Waals surface area contributed by atoms with Gasteiger partial charge in [-0.2, -0.15) is 4.98 Å². The Hall–Kier alpha value is -1.53. The largest absolute Gasteiger partial charge is 0.335 e. The number of nitrogens with two attached hydrogens (primary N) is 1. The zero-order valence-corrected chi connectivity index (χ0v) is 13.2. The van der Waals surface area contributed by atoms with Crippen molar-refractivity contribution in [2.45, 2.75) is 36.7 Å². The molecule has 5 nitrogen and oxygen atoms in total. The predicted octanol–water partition coefficient (Wildman–Crippen LogP) is 2.51. The Bertz CT molecular complexity index is 594. The summed E-state index contributed by atoms with van der Waals surface area (Å²) in [4.78, 5) is 8.08. The molecule has 0 aliphatic carbocycles. The van der Waals surface area contributed by atoms with Crippen LogP contribution in [0.3, 0.4) is 0 Å². The molecule has 2 atom stereocenters. The lowest BCUT2D eigenvalue weighted by Gasteiger charge is -2.36. The van der Waals surface area contributed by atoms with E-state index in [-0.39, 0.29) is 12.1 Å². The fourth-order valence-corrected chi connectivity index (χ4v) is 3.12. The molecule has 1 aliphatic rings. The highest BCUT2D eigenvalue weighted by Crippen LogP contribution is 2.24. The van der Waals surface area contributed by atoms with Gasteiger partial charge in [0.25, 0.3) is 0 Å². The monoisotopic (exact) mass is 303 g/mol. The van der Waals surface area contributed by atoms with Crippen LogP contribution in [0.2, 0.25) is 0 Å². The Kier molecular flexibility index (Phi) is 4.17. The smallest absolute Gasteiger partial charge is 0.245 e. The van der Waals surface area contributed by atoms with Gasteiger partial charge in [-0.1, -0.05) is 12.1 Å². The Morgan fingerprint density at radius 3 is 2.81 bits per heavy atom. The van der Waals surface area contributed by atoms with Crippen molar-refractivity contribution >= 4 is 17.7 Å². The maximum Gasteiger partial charge on any atom is 0.245 e.